The van der Waals surface area contributed by atoms with Gasteiger partial charge in [0.2, 0.25) is 5.91 Å². The van der Waals surface area contributed by atoms with Gasteiger partial charge >= 0.3 is 0 Å². The number of carbonyl (C=O) groups excluding carboxylic acids is 1. The molecule has 0 aliphatic heterocycles. The Labute approximate surface area is 160 Å². The maximum absolute atomic E-state index is 12.8. The predicted octanol–water partition coefficient (Wildman–Crippen LogP) is 3.11. The molecule has 2 aromatic carbocycles. The Morgan fingerprint density at radius 1 is 1.11 bits per heavy atom. The molecular formula is C20H25N3O3S. The first-order valence-corrected chi connectivity index (χ1v) is 10.6. The molecule has 0 radical (unpaired) electrons. The van der Waals surface area contributed by atoms with Gasteiger partial charge < -0.3 is 11.1 Å². The van der Waals surface area contributed by atoms with Crippen molar-refractivity contribution in [3.63, 3.8) is 0 Å². The van der Waals surface area contributed by atoms with Gasteiger partial charge in [-0.2, -0.15) is 0 Å². The van der Waals surface area contributed by atoms with E-state index in [9.17, 15) is 13.2 Å². The summed E-state index contributed by atoms with van der Waals surface area (Å²) in [5, 5.41) is 2.87. The van der Waals surface area contributed by atoms with Crippen molar-refractivity contribution in [2.45, 2.75) is 31.1 Å². The van der Waals surface area contributed by atoms with Gasteiger partial charge in [-0.3, -0.25) is 9.52 Å². The number of amides is 1. The highest BCUT2D eigenvalue weighted by atomic mass is 32.2. The van der Waals surface area contributed by atoms with Crippen LogP contribution in [0.4, 0.5) is 11.4 Å². The Hall–Kier alpha value is -2.38. The van der Waals surface area contributed by atoms with E-state index < -0.39 is 10.0 Å². The standard InChI is InChI=1S/C20H25N3O3S/c1-14-10-11-17(22-20(24)18-9-5-6-15(18)13-21)12-19(14)27(25,26)23-16-7-3-2-4-8-16/h2-4,7-8,10-12,15,18,23H,5-6,9,13,21H2,1H3,(H,22,24)/t15-,18-/m1/s1. The van der Waals surface area contributed by atoms with E-state index in [1.54, 1.807) is 43.3 Å². The van der Waals surface area contributed by atoms with Crippen LogP contribution in [0.1, 0.15) is 24.8 Å². The van der Waals surface area contributed by atoms with E-state index >= 15 is 0 Å². The summed E-state index contributed by atoms with van der Waals surface area (Å²) in [6, 6.07) is 13.6. The summed E-state index contributed by atoms with van der Waals surface area (Å²) in [4.78, 5) is 12.7. The molecule has 0 heterocycles. The van der Waals surface area contributed by atoms with Crippen molar-refractivity contribution in [1.29, 1.82) is 0 Å². The summed E-state index contributed by atoms with van der Waals surface area (Å²) in [7, 11) is -3.76. The minimum Gasteiger partial charge on any atom is -0.330 e. The van der Waals surface area contributed by atoms with Crippen molar-refractivity contribution >= 4 is 27.3 Å². The molecule has 4 N–H and O–H groups in total. The molecule has 0 saturated heterocycles. The summed E-state index contributed by atoms with van der Waals surface area (Å²) in [5.41, 5.74) is 7.33. The molecule has 2 aromatic rings. The number of carbonyl (C=O) groups is 1. The Morgan fingerprint density at radius 3 is 2.56 bits per heavy atom. The molecule has 1 saturated carbocycles. The zero-order valence-electron chi connectivity index (χ0n) is 15.3. The fraction of sp³-hybridized carbons (Fsp3) is 0.350. The molecule has 1 fully saturated rings. The number of hydrogen-bond donors (Lipinski definition) is 3. The number of anilines is 2. The summed E-state index contributed by atoms with van der Waals surface area (Å²) in [6.45, 7) is 2.22. The lowest BCUT2D eigenvalue weighted by atomic mass is 9.95. The number of benzene rings is 2. The largest absolute Gasteiger partial charge is 0.330 e. The molecule has 0 spiro atoms. The summed E-state index contributed by atoms with van der Waals surface area (Å²) >= 11 is 0. The lowest BCUT2D eigenvalue weighted by Crippen LogP contribution is -2.29. The third-order valence-corrected chi connectivity index (χ3v) is 6.59. The van der Waals surface area contributed by atoms with Crippen molar-refractivity contribution < 1.29 is 13.2 Å². The van der Waals surface area contributed by atoms with Crippen molar-refractivity contribution in [2.24, 2.45) is 17.6 Å². The molecule has 6 nitrogen and oxygen atoms in total. The minimum absolute atomic E-state index is 0.0915. The van der Waals surface area contributed by atoms with Crippen LogP contribution in [0.15, 0.2) is 53.4 Å². The zero-order valence-corrected chi connectivity index (χ0v) is 16.1. The number of sulfonamides is 1. The summed E-state index contributed by atoms with van der Waals surface area (Å²) in [5.74, 6) is -0.0108. The second-order valence-electron chi connectivity index (χ2n) is 6.97. The average Bonchev–Trinajstić information content (AvgIpc) is 3.12. The fourth-order valence-corrected chi connectivity index (χ4v) is 4.91. The molecule has 2 atom stereocenters. The molecule has 144 valence electrons. The van der Waals surface area contributed by atoms with Crippen molar-refractivity contribution in [1.82, 2.24) is 0 Å². The maximum Gasteiger partial charge on any atom is 0.262 e. The second kappa shape index (κ2) is 8.10. The molecule has 0 bridgehead atoms. The van der Waals surface area contributed by atoms with Crippen molar-refractivity contribution in [2.75, 3.05) is 16.6 Å². The predicted molar refractivity (Wildman–Crippen MR) is 107 cm³/mol. The van der Waals surface area contributed by atoms with E-state index in [2.05, 4.69) is 10.0 Å². The van der Waals surface area contributed by atoms with E-state index in [1.807, 2.05) is 6.07 Å². The van der Waals surface area contributed by atoms with Gasteiger partial charge in [0.15, 0.2) is 0 Å². The van der Waals surface area contributed by atoms with Crippen molar-refractivity contribution in [3.8, 4) is 0 Å². The van der Waals surface area contributed by atoms with E-state index in [0.717, 1.165) is 19.3 Å². The second-order valence-corrected chi connectivity index (χ2v) is 8.63. The Bertz CT molecular complexity index is 913. The number of nitrogens with two attached hydrogens (primary N) is 1. The maximum atomic E-state index is 12.8. The Morgan fingerprint density at radius 2 is 1.85 bits per heavy atom. The molecule has 0 aromatic heterocycles. The first-order chi connectivity index (χ1) is 12.9. The SMILES string of the molecule is Cc1ccc(NC(=O)[C@@H]2CCC[C@@H]2CN)cc1S(=O)(=O)Nc1ccccc1. The van der Waals surface area contributed by atoms with Gasteiger partial charge in [0.05, 0.1) is 4.90 Å². The van der Waals surface area contributed by atoms with Gasteiger partial charge in [-0.1, -0.05) is 30.7 Å². The van der Waals surface area contributed by atoms with Crippen LogP contribution in [0, 0.1) is 18.8 Å². The van der Waals surface area contributed by atoms with Crippen LogP contribution >= 0.6 is 0 Å². The number of hydrogen-bond acceptors (Lipinski definition) is 4. The number of para-hydroxylation sites is 1. The lowest BCUT2D eigenvalue weighted by Gasteiger charge is -2.18. The smallest absolute Gasteiger partial charge is 0.262 e. The number of aryl methyl sites for hydroxylation is 1. The Balaban J connectivity index is 1.81. The van der Waals surface area contributed by atoms with Crippen LogP contribution in [0.2, 0.25) is 0 Å². The topological polar surface area (TPSA) is 101 Å². The molecule has 7 heteroatoms. The van der Waals surface area contributed by atoms with E-state index in [0.29, 0.717) is 23.5 Å². The quantitative estimate of drug-likeness (QED) is 0.709. The summed E-state index contributed by atoms with van der Waals surface area (Å²) in [6.07, 6.45) is 2.78. The lowest BCUT2D eigenvalue weighted by molar-refractivity contribution is -0.120. The highest BCUT2D eigenvalue weighted by Crippen LogP contribution is 2.32. The molecule has 3 rings (SSSR count). The van der Waals surface area contributed by atoms with E-state index in [1.165, 1.54) is 6.07 Å². The fourth-order valence-electron chi connectivity index (χ4n) is 3.58. The normalized spacial score (nSPS) is 19.6. The number of nitrogens with one attached hydrogen (secondary N) is 2. The molecule has 1 amide bonds. The van der Waals surface area contributed by atoms with Crippen LogP contribution in [-0.2, 0) is 14.8 Å². The van der Waals surface area contributed by atoms with Crippen LogP contribution in [0.3, 0.4) is 0 Å². The zero-order chi connectivity index (χ0) is 19.4. The first kappa shape index (κ1) is 19.4. The number of rotatable bonds is 6. The van der Waals surface area contributed by atoms with E-state index in [4.69, 9.17) is 5.73 Å². The monoisotopic (exact) mass is 387 g/mol. The van der Waals surface area contributed by atoms with Gasteiger partial charge in [0.25, 0.3) is 10.0 Å². The van der Waals surface area contributed by atoms with Gasteiger partial charge in [-0.15, -0.1) is 0 Å². The highest BCUT2D eigenvalue weighted by Gasteiger charge is 2.32. The third-order valence-electron chi connectivity index (χ3n) is 5.07. The molecular weight excluding hydrogens is 362 g/mol. The highest BCUT2D eigenvalue weighted by molar-refractivity contribution is 7.92. The van der Waals surface area contributed by atoms with Crippen LogP contribution < -0.4 is 15.8 Å². The summed E-state index contributed by atoms with van der Waals surface area (Å²) < 4.78 is 28.1. The first-order valence-electron chi connectivity index (χ1n) is 9.10. The van der Waals surface area contributed by atoms with Gasteiger partial charge in [0, 0.05) is 17.3 Å². The molecule has 27 heavy (non-hydrogen) atoms. The molecule has 1 aliphatic rings. The molecule has 1 aliphatic carbocycles. The van der Waals surface area contributed by atoms with Gasteiger partial charge in [0.1, 0.15) is 0 Å². The molecule has 0 unspecified atom stereocenters. The van der Waals surface area contributed by atoms with Gasteiger partial charge in [-0.25, -0.2) is 8.42 Å². The van der Waals surface area contributed by atoms with E-state index in [-0.39, 0.29) is 22.6 Å². The third kappa shape index (κ3) is 4.48. The van der Waals surface area contributed by atoms with Crippen molar-refractivity contribution in [3.05, 3.63) is 54.1 Å². The minimum atomic E-state index is -3.76. The van der Waals surface area contributed by atoms with Crippen LogP contribution in [0.5, 0.6) is 0 Å². The Kier molecular flexibility index (Phi) is 5.82. The van der Waals surface area contributed by atoms with Crippen LogP contribution in [0.25, 0.3) is 0 Å². The average molecular weight is 388 g/mol. The van der Waals surface area contributed by atoms with Crippen LogP contribution in [-0.4, -0.2) is 20.9 Å². The van der Waals surface area contributed by atoms with Gasteiger partial charge in [-0.05, 0) is 62.1 Å².